The largest absolute Gasteiger partial charge is 0.490 e. The first-order chi connectivity index (χ1) is 13.1. The summed E-state index contributed by atoms with van der Waals surface area (Å²) in [6, 6.07) is 15.6. The van der Waals surface area contributed by atoms with E-state index in [1.165, 1.54) is 0 Å². The third-order valence-corrected chi connectivity index (χ3v) is 5.36. The van der Waals surface area contributed by atoms with Crippen molar-refractivity contribution < 1.29 is 9.53 Å². The van der Waals surface area contributed by atoms with E-state index >= 15 is 0 Å². The van der Waals surface area contributed by atoms with Gasteiger partial charge in [0.05, 0.1) is 28.6 Å². The summed E-state index contributed by atoms with van der Waals surface area (Å²) in [5.74, 6) is 1.71. The number of imidazole rings is 1. The lowest BCUT2D eigenvalue weighted by Crippen LogP contribution is -2.30. The minimum atomic E-state index is 0.0233. The predicted octanol–water partition coefficient (Wildman–Crippen LogP) is 4.45. The highest BCUT2D eigenvalue weighted by molar-refractivity contribution is 6.32. The SMILES string of the molecule is CC(=O)N1CCC[C@@H]1c1nc2ccccc2n1CCOc1ccccc1Cl. The van der Waals surface area contributed by atoms with Crippen LogP contribution >= 0.6 is 11.6 Å². The molecule has 0 N–H and O–H groups in total. The smallest absolute Gasteiger partial charge is 0.220 e. The van der Waals surface area contributed by atoms with Crippen LogP contribution in [0.4, 0.5) is 0 Å². The van der Waals surface area contributed by atoms with Gasteiger partial charge >= 0.3 is 0 Å². The normalized spacial score (nSPS) is 16.8. The Morgan fingerprint density at radius 1 is 1.22 bits per heavy atom. The molecule has 140 valence electrons. The lowest BCUT2D eigenvalue weighted by atomic mass is 10.2. The number of aromatic nitrogens is 2. The van der Waals surface area contributed by atoms with Crippen molar-refractivity contribution in [1.29, 1.82) is 0 Å². The molecular formula is C21H22ClN3O2. The van der Waals surface area contributed by atoms with Crippen LogP contribution in [0.25, 0.3) is 11.0 Å². The van der Waals surface area contributed by atoms with E-state index in [0.29, 0.717) is 23.9 Å². The van der Waals surface area contributed by atoms with Gasteiger partial charge in [0.25, 0.3) is 0 Å². The fourth-order valence-electron chi connectivity index (χ4n) is 3.80. The van der Waals surface area contributed by atoms with Crippen LogP contribution in [0.15, 0.2) is 48.5 Å². The summed E-state index contributed by atoms with van der Waals surface area (Å²) in [6.07, 6.45) is 1.94. The fraction of sp³-hybridized carbons (Fsp3) is 0.333. The summed E-state index contributed by atoms with van der Waals surface area (Å²) in [5, 5.41) is 0.603. The average molecular weight is 384 g/mol. The molecule has 0 unspecified atom stereocenters. The van der Waals surface area contributed by atoms with Gasteiger partial charge in [-0.2, -0.15) is 0 Å². The quantitative estimate of drug-likeness (QED) is 0.653. The second-order valence-electron chi connectivity index (χ2n) is 6.76. The van der Waals surface area contributed by atoms with Crippen molar-refractivity contribution in [2.75, 3.05) is 13.2 Å². The zero-order chi connectivity index (χ0) is 18.8. The highest BCUT2D eigenvalue weighted by Gasteiger charge is 2.32. The van der Waals surface area contributed by atoms with Gasteiger partial charge in [0.1, 0.15) is 18.2 Å². The molecule has 0 radical (unpaired) electrons. The molecule has 0 spiro atoms. The number of para-hydroxylation sites is 3. The van der Waals surface area contributed by atoms with Gasteiger partial charge in [-0.3, -0.25) is 4.79 Å². The summed E-state index contributed by atoms with van der Waals surface area (Å²) in [5.41, 5.74) is 2.01. The first-order valence-electron chi connectivity index (χ1n) is 9.25. The molecule has 6 heteroatoms. The van der Waals surface area contributed by atoms with Gasteiger partial charge in [-0.05, 0) is 37.1 Å². The van der Waals surface area contributed by atoms with Crippen LogP contribution in [0.5, 0.6) is 5.75 Å². The predicted molar refractivity (Wildman–Crippen MR) is 106 cm³/mol. The molecule has 1 aromatic heterocycles. The Labute approximate surface area is 163 Å². The summed E-state index contributed by atoms with van der Waals surface area (Å²) in [4.78, 5) is 18.8. The van der Waals surface area contributed by atoms with Crippen LogP contribution in [-0.2, 0) is 11.3 Å². The van der Waals surface area contributed by atoms with E-state index in [0.717, 1.165) is 36.2 Å². The number of benzene rings is 2. The number of carbonyl (C=O) groups excluding carboxylic acids is 1. The number of hydrogen-bond donors (Lipinski definition) is 0. The molecule has 1 fully saturated rings. The minimum Gasteiger partial charge on any atom is -0.490 e. The molecule has 0 aliphatic carbocycles. The van der Waals surface area contributed by atoms with Gasteiger partial charge in [0.2, 0.25) is 5.91 Å². The van der Waals surface area contributed by atoms with Crippen molar-refractivity contribution in [2.45, 2.75) is 32.4 Å². The number of ether oxygens (including phenoxy) is 1. The second-order valence-corrected chi connectivity index (χ2v) is 7.17. The molecular weight excluding hydrogens is 362 g/mol. The Kier molecular flexibility index (Phi) is 5.03. The molecule has 0 saturated carbocycles. The van der Waals surface area contributed by atoms with Crippen molar-refractivity contribution in [3.05, 3.63) is 59.4 Å². The van der Waals surface area contributed by atoms with E-state index < -0.39 is 0 Å². The minimum absolute atomic E-state index is 0.0233. The van der Waals surface area contributed by atoms with Crippen molar-refractivity contribution >= 4 is 28.5 Å². The lowest BCUT2D eigenvalue weighted by molar-refractivity contribution is -0.129. The van der Waals surface area contributed by atoms with Gasteiger partial charge in [-0.15, -0.1) is 0 Å². The monoisotopic (exact) mass is 383 g/mol. The van der Waals surface area contributed by atoms with Crippen LogP contribution < -0.4 is 4.74 Å². The van der Waals surface area contributed by atoms with Gasteiger partial charge in [-0.25, -0.2) is 4.98 Å². The van der Waals surface area contributed by atoms with Crippen LogP contribution in [0.2, 0.25) is 5.02 Å². The molecule has 27 heavy (non-hydrogen) atoms. The maximum Gasteiger partial charge on any atom is 0.220 e. The van der Waals surface area contributed by atoms with Gasteiger partial charge < -0.3 is 14.2 Å². The lowest BCUT2D eigenvalue weighted by Gasteiger charge is -2.24. The maximum absolute atomic E-state index is 12.0. The number of likely N-dealkylation sites (tertiary alicyclic amines) is 1. The fourth-order valence-corrected chi connectivity index (χ4v) is 3.99. The van der Waals surface area contributed by atoms with E-state index in [9.17, 15) is 4.79 Å². The van der Waals surface area contributed by atoms with Crippen molar-refractivity contribution in [2.24, 2.45) is 0 Å². The Morgan fingerprint density at radius 2 is 2.00 bits per heavy atom. The molecule has 2 heterocycles. The molecule has 1 aliphatic rings. The second kappa shape index (κ2) is 7.61. The van der Waals surface area contributed by atoms with Crippen molar-refractivity contribution in [1.82, 2.24) is 14.5 Å². The number of halogens is 1. The molecule has 1 aliphatic heterocycles. The highest BCUT2D eigenvalue weighted by atomic mass is 35.5. The standard InChI is InChI=1S/C21H22ClN3O2/c1-15(26)24-12-6-10-19(24)21-23-17-8-3-4-9-18(17)25(21)13-14-27-20-11-5-2-7-16(20)22/h2-5,7-9,11,19H,6,10,12-14H2,1H3/t19-/m1/s1. The van der Waals surface area contributed by atoms with Gasteiger partial charge in [-0.1, -0.05) is 35.9 Å². The summed E-state index contributed by atoms with van der Waals surface area (Å²) in [7, 11) is 0. The summed E-state index contributed by atoms with van der Waals surface area (Å²) < 4.78 is 8.07. The highest BCUT2D eigenvalue weighted by Crippen LogP contribution is 2.33. The third kappa shape index (κ3) is 3.52. The molecule has 1 amide bonds. The first-order valence-corrected chi connectivity index (χ1v) is 9.62. The number of rotatable bonds is 5. The van der Waals surface area contributed by atoms with E-state index in [1.807, 2.05) is 47.4 Å². The Morgan fingerprint density at radius 3 is 2.81 bits per heavy atom. The Bertz CT molecular complexity index is 969. The van der Waals surface area contributed by atoms with Crippen LogP contribution in [-0.4, -0.2) is 33.5 Å². The average Bonchev–Trinajstić information content (AvgIpc) is 3.28. The zero-order valence-electron chi connectivity index (χ0n) is 15.3. The molecule has 5 nitrogen and oxygen atoms in total. The molecule has 1 saturated heterocycles. The topological polar surface area (TPSA) is 47.4 Å². The number of amides is 1. The molecule has 1 atom stereocenters. The first kappa shape index (κ1) is 17.9. The number of fused-ring (bicyclic) bond motifs is 1. The van der Waals surface area contributed by atoms with Gasteiger partial charge in [0, 0.05) is 13.5 Å². The molecule has 0 bridgehead atoms. The summed E-state index contributed by atoms with van der Waals surface area (Å²) >= 11 is 6.18. The molecule has 3 aromatic rings. The molecule has 2 aromatic carbocycles. The van der Waals surface area contributed by atoms with Crippen molar-refractivity contribution in [3.8, 4) is 5.75 Å². The van der Waals surface area contributed by atoms with Gasteiger partial charge in [0.15, 0.2) is 0 Å². The van der Waals surface area contributed by atoms with E-state index in [1.54, 1.807) is 6.92 Å². The zero-order valence-corrected chi connectivity index (χ0v) is 16.0. The van der Waals surface area contributed by atoms with Crippen LogP contribution in [0.1, 0.15) is 31.6 Å². The van der Waals surface area contributed by atoms with Crippen LogP contribution in [0, 0.1) is 0 Å². The maximum atomic E-state index is 12.0. The number of nitrogens with zero attached hydrogens (tertiary/aromatic N) is 3. The Hall–Kier alpha value is -2.53. The van der Waals surface area contributed by atoms with E-state index in [4.69, 9.17) is 21.3 Å². The Balaban J connectivity index is 1.62. The third-order valence-electron chi connectivity index (χ3n) is 5.05. The van der Waals surface area contributed by atoms with Crippen LogP contribution in [0.3, 0.4) is 0 Å². The van der Waals surface area contributed by atoms with E-state index in [2.05, 4.69) is 10.6 Å². The summed E-state index contributed by atoms with van der Waals surface area (Å²) in [6.45, 7) is 3.54. The number of carbonyl (C=O) groups is 1. The molecule has 4 rings (SSSR count). The van der Waals surface area contributed by atoms with E-state index in [-0.39, 0.29) is 11.9 Å². The number of hydrogen-bond acceptors (Lipinski definition) is 3. The van der Waals surface area contributed by atoms with Crippen molar-refractivity contribution in [3.63, 3.8) is 0 Å².